The van der Waals surface area contributed by atoms with E-state index in [2.05, 4.69) is 80.7 Å². The highest BCUT2D eigenvalue weighted by Crippen LogP contribution is 2.75. The van der Waals surface area contributed by atoms with Gasteiger partial charge in [0.25, 0.3) is 0 Å². The minimum Gasteiger partial charge on any atom is -0.0622 e. The molecular formula is C15H19P2+. The van der Waals surface area contributed by atoms with Crippen LogP contribution in [0.1, 0.15) is 0 Å². The van der Waals surface area contributed by atoms with Gasteiger partial charge in [0.1, 0.15) is 7.61 Å². The zero-order chi connectivity index (χ0) is 12.3. The average Bonchev–Trinajstić information content (AvgIpc) is 2.30. The van der Waals surface area contributed by atoms with Gasteiger partial charge in [-0.05, 0) is 0 Å². The summed E-state index contributed by atoms with van der Waals surface area (Å²) in [5, 5.41) is 3.02. The van der Waals surface area contributed by atoms with Crippen LogP contribution in [0.25, 0.3) is 0 Å². The van der Waals surface area contributed by atoms with Gasteiger partial charge < -0.3 is 0 Å². The predicted octanol–water partition coefficient (Wildman–Crippen LogP) is 3.94. The molecule has 0 N–H and O–H groups in total. The van der Waals surface area contributed by atoms with Gasteiger partial charge >= 0.3 is 0 Å². The lowest BCUT2D eigenvalue weighted by Gasteiger charge is -2.24. The zero-order valence-electron chi connectivity index (χ0n) is 10.7. The highest BCUT2D eigenvalue weighted by molar-refractivity contribution is 8.43. The fourth-order valence-corrected chi connectivity index (χ4v) is 9.53. The van der Waals surface area contributed by atoms with Gasteiger partial charge in [-0.25, -0.2) is 0 Å². The molecule has 88 valence electrons. The van der Waals surface area contributed by atoms with E-state index in [1.807, 2.05) is 0 Å². The monoisotopic (exact) mass is 261 g/mol. The molecule has 2 rings (SSSR count). The maximum Gasteiger partial charge on any atom is 0.117 e. The van der Waals surface area contributed by atoms with Crippen molar-refractivity contribution in [2.45, 2.75) is 0 Å². The van der Waals surface area contributed by atoms with E-state index in [1.165, 1.54) is 10.6 Å². The first-order valence-electron chi connectivity index (χ1n) is 5.81. The van der Waals surface area contributed by atoms with Crippen LogP contribution in [0.5, 0.6) is 0 Å². The van der Waals surface area contributed by atoms with E-state index in [9.17, 15) is 0 Å². The quantitative estimate of drug-likeness (QED) is 0.734. The predicted molar refractivity (Wildman–Crippen MR) is 83.8 cm³/mol. The number of rotatable bonds is 3. The largest absolute Gasteiger partial charge is 0.117 e. The Balaban J connectivity index is 2.48. The Kier molecular flexibility index (Phi) is 3.97. The second-order valence-electron chi connectivity index (χ2n) is 4.92. The molecule has 0 radical (unpaired) electrons. The van der Waals surface area contributed by atoms with Crippen molar-refractivity contribution in [2.75, 3.05) is 20.0 Å². The second kappa shape index (κ2) is 5.30. The van der Waals surface area contributed by atoms with Crippen LogP contribution in [0, 0.1) is 0 Å². The molecular weight excluding hydrogens is 242 g/mol. The molecule has 0 saturated carbocycles. The Morgan fingerprint density at radius 1 is 0.647 bits per heavy atom. The minimum atomic E-state index is -0.905. The molecule has 2 heteroatoms. The number of hydrogen-bond donors (Lipinski definition) is 0. The molecule has 0 spiro atoms. The molecule has 0 nitrogen and oxygen atoms in total. The summed E-state index contributed by atoms with van der Waals surface area (Å²) in [6.45, 7) is 6.42. The van der Waals surface area contributed by atoms with Gasteiger partial charge in [0.15, 0.2) is 0 Å². The summed E-state index contributed by atoms with van der Waals surface area (Å²) in [6.07, 6.45) is 0. The van der Waals surface area contributed by atoms with E-state index in [0.717, 1.165) is 0 Å². The van der Waals surface area contributed by atoms with Crippen molar-refractivity contribution in [1.29, 1.82) is 0 Å². The van der Waals surface area contributed by atoms with Crippen molar-refractivity contribution in [1.82, 2.24) is 0 Å². The lowest BCUT2D eigenvalue weighted by atomic mass is 10.4. The van der Waals surface area contributed by atoms with Gasteiger partial charge in [-0.3, -0.25) is 0 Å². The van der Waals surface area contributed by atoms with Crippen molar-refractivity contribution in [3.8, 4) is 0 Å². The first kappa shape index (κ1) is 12.7. The maximum absolute atomic E-state index is 2.44. The van der Waals surface area contributed by atoms with Crippen LogP contribution in [-0.4, -0.2) is 20.0 Å². The van der Waals surface area contributed by atoms with E-state index < -0.39 is 6.95 Å². The molecule has 0 saturated heterocycles. The first-order valence-corrected chi connectivity index (χ1v) is 11.0. The summed E-state index contributed by atoms with van der Waals surface area (Å²) in [5.41, 5.74) is 0. The molecule has 0 fully saturated rings. The third kappa shape index (κ3) is 3.15. The zero-order valence-corrected chi connectivity index (χ0v) is 12.5. The molecule has 0 bridgehead atoms. The Bertz CT molecular complexity index is 418. The third-order valence-corrected chi connectivity index (χ3v) is 10.4. The first-order chi connectivity index (χ1) is 8.09. The molecule has 0 aliphatic carbocycles. The van der Waals surface area contributed by atoms with Crippen molar-refractivity contribution in [2.24, 2.45) is 0 Å². The molecule has 0 unspecified atom stereocenters. The summed E-state index contributed by atoms with van der Waals surface area (Å²) in [4.78, 5) is 0. The SMILES string of the molecule is C[P+](C)(C)P(c1ccccc1)c1ccccc1. The minimum absolute atomic E-state index is 0.181. The molecule has 0 atom stereocenters. The van der Waals surface area contributed by atoms with E-state index in [4.69, 9.17) is 0 Å². The number of hydrogen-bond acceptors (Lipinski definition) is 0. The van der Waals surface area contributed by atoms with E-state index in [0.29, 0.717) is 0 Å². The Hall–Kier alpha value is -0.700. The maximum atomic E-state index is 2.44. The molecule has 17 heavy (non-hydrogen) atoms. The fraction of sp³-hybridized carbons (Fsp3) is 0.200. The van der Waals surface area contributed by atoms with Gasteiger partial charge in [0.05, 0.1) is 20.0 Å². The van der Waals surface area contributed by atoms with Crippen LogP contribution in [0.3, 0.4) is 0 Å². The Morgan fingerprint density at radius 2 is 1.00 bits per heavy atom. The van der Waals surface area contributed by atoms with Crippen molar-refractivity contribution in [3.05, 3.63) is 60.7 Å². The molecule has 0 aliphatic heterocycles. The fourth-order valence-electron chi connectivity index (χ4n) is 1.98. The highest BCUT2D eigenvalue weighted by Gasteiger charge is 2.34. The van der Waals surface area contributed by atoms with Crippen LogP contribution in [-0.2, 0) is 0 Å². The lowest BCUT2D eigenvalue weighted by molar-refractivity contribution is 1.76. The molecule has 2 aromatic rings. The van der Waals surface area contributed by atoms with Crippen LogP contribution in [0.4, 0.5) is 0 Å². The van der Waals surface area contributed by atoms with E-state index in [-0.39, 0.29) is 7.61 Å². The van der Waals surface area contributed by atoms with Gasteiger partial charge in [-0.15, -0.1) is 0 Å². The Morgan fingerprint density at radius 3 is 1.29 bits per heavy atom. The summed E-state index contributed by atoms with van der Waals surface area (Å²) in [5.74, 6) is 0. The van der Waals surface area contributed by atoms with Gasteiger partial charge in [-0.1, -0.05) is 60.7 Å². The van der Waals surface area contributed by atoms with Gasteiger partial charge in [-0.2, -0.15) is 0 Å². The molecule has 2 aromatic carbocycles. The van der Waals surface area contributed by atoms with Crippen LogP contribution < -0.4 is 10.6 Å². The van der Waals surface area contributed by atoms with Crippen molar-refractivity contribution >= 4 is 25.2 Å². The second-order valence-corrected chi connectivity index (χ2v) is 15.3. The summed E-state index contributed by atoms with van der Waals surface area (Å²) in [6, 6.07) is 22.0. The van der Waals surface area contributed by atoms with E-state index in [1.54, 1.807) is 0 Å². The summed E-state index contributed by atoms with van der Waals surface area (Å²) >= 11 is 0. The van der Waals surface area contributed by atoms with Crippen molar-refractivity contribution in [3.63, 3.8) is 0 Å². The van der Waals surface area contributed by atoms with Crippen LogP contribution in [0.2, 0.25) is 0 Å². The van der Waals surface area contributed by atoms with Gasteiger partial charge in [0.2, 0.25) is 0 Å². The summed E-state index contributed by atoms with van der Waals surface area (Å²) in [7, 11) is -0.181. The molecule has 0 heterocycles. The lowest BCUT2D eigenvalue weighted by Crippen LogP contribution is -2.12. The van der Waals surface area contributed by atoms with Crippen LogP contribution in [0.15, 0.2) is 60.7 Å². The highest BCUT2D eigenvalue weighted by atomic mass is 32.1. The molecule has 0 aromatic heterocycles. The van der Waals surface area contributed by atoms with Crippen LogP contribution >= 0.6 is 14.6 Å². The smallest absolute Gasteiger partial charge is 0.0622 e. The third-order valence-electron chi connectivity index (χ3n) is 2.60. The Labute approximate surface area is 106 Å². The average molecular weight is 261 g/mol. The standard InChI is InChI=1S/C15H19P2/c1-17(2,3)16(14-10-6-4-7-11-14)15-12-8-5-9-13-15/h4-13H,1-3H3/q+1. The molecule has 0 aliphatic rings. The number of benzene rings is 2. The van der Waals surface area contributed by atoms with E-state index >= 15 is 0 Å². The summed E-state index contributed by atoms with van der Waals surface area (Å²) < 4.78 is 0. The van der Waals surface area contributed by atoms with Gasteiger partial charge in [0, 0.05) is 17.6 Å². The molecule has 0 amide bonds. The normalized spacial score (nSPS) is 11.8. The van der Waals surface area contributed by atoms with Crippen molar-refractivity contribution < 1.29 is 0 Å². The topological polar surface area (TPSA) is 0 Å².